The van der Waals surface area contributed by atoms with Crippen molar-refractivity contribution in [2.24, 2.45) is 10.4 Å². The first-order valence-corrected chi connectivity index (χ1v) is 14.3. The molecule has 0 amide bonds. The Morgan fingerprint density at radius 2 is 1.35 bits per heavy atom. The summed E-state index contributed by atoms with van der Waals surface area (Å²) in [4.78, 5) is 8.04. The van der Waals surface area contributed by atoms with Gasteiger partial charge in [0.1, 0.15) is 11.4 Å². The van der Waals surface area contributed by atoms with Crippen LogP contribution in [0.4, 0.5) is 0 Å². The molecule has 2 aliphatic rings. The van der Waals surface area contributed by atoms with E-state index in [0.29, 0.717) is 12.1 Å². The molecule has 0 radical (unpaired) electrons. The molecule has 0 saturated heterocycles. The lowest BCUT2D eigenvalue weighted by atomic mass is 9.87. The third-order valence-corrected chi connectivity index (χ3v) is 9.98. The summed E-state index contributed by atoms with van der Waals surface area (Å²) in [5, 5.41) is 2.60. The first kappa shape index (κ1) is 25.4. The number of nitrogens with zero attached hydrogens (tertiary/aromatic N) is 2. The number of amidine groups is 1. The molecule has 3 nitrogen and oxygen atoms in total. The van der Waals surface area contributed by atoms with Gasteiger partial charge >= 0.3 is 0 Å². The molecule has 4 heteroatoms. The van der Waals surface area contributed by atoms with E-state index >= 15 is 0 Å². The van der Waals surface area contributed by atoms with Crippen LogP contribution in [0.1, 0.15) is 77.8 Å². The highest BCUT2D eigenvalue weighted by Crippen LogP contribution is 2.44. The first-order chi connectivity index (χ1) is 16.1. The van der Waals surface area contributed by atoms with Crippen molar-refractivity contribution >= 4 is 24.6 Å². The second-order valence-electron chi connectivity index (χ2n) is 11.7. The predicted octanol–water partition coefficient (Wildman–Crippen LogP) is 6.91. The van der Waals surface area contributed by atoms with Crippen molar-refractivity contribution in [1.82, 2.24) is 4.90 Å². The van der Waals surface area contributed by atoms with Crippen LogP contribution in [0.15, 0.2) is 53.5 Å². The van der Waals surface area contributed by atoms with Gasteiger partial charge in [0.15, 0.2) is 0 Å². The first-order valence-electron chi connectivity index (χ1n) is 13.0. The molecule has 0 aromatic heterocycles. The molecule has 1 aliphatic carbocycles. The van der Waals surface area contributed by atoms with E-state index in [2.05, 4.69) is 102 Å². The molecule has 4 rings (SSSR count). The second-order valence-corrected chi connectivity index (χ2v) is 13.5. The molecule has 1 saturated carbocycles. The molecule has 0 N–H and O–H groups in total. The van der Waals surface area contributed by atoms with Crippen molar-refractivity contribution in [2.75, 3.05) is 6.54 Å². The number of hydrogen-bond acceptors (Lipinski definition) is 3. The summed E-state index contributed by atoms with van der Waals surface area (Å²) in [6.45, 7) is 16.9. The summed E-state index contributed by atoms with van der Waals surface area (Å²) in [7, 11) is -0.983. The average Bonchev–Trinajstić information content (AvgIpc) is 3.27. The Labute approximate surface area is 208 Å². The Morgan fingerprint density at radius 1 is 0.824 bits per heavy atom. The standard InChI is InChI=1S/C30H43N2OP/c1-22-15-11-13-19-25(22)34(26-20-14-12-16-23(26)2)33-30(6,7)28-31-27(29(3,4)5)21-32(28)24-17-9-8-10-18-24/h11-16,19-20,24,27H,8-10,17-18,21H2,1-7H3/t27-/m1/s1. The molecule has 34 heavy (non-hydrogen) atoms. The lowest BCUT2D eigenvalue weighted by Crippen LogP contribution is -2.50. The van der Waals surface area contributed by atoms with E-state index in [4.69, 9.17) is 9.52 Å². The highest BCUT2D eigenvalue weighted by molar-refractivity contribution is 7.68. The summed E-state index contributed by atoms with van der Waals surface area (Å²) in [5.74, 6) is 1.16. The highest BCUT2D eigenvalue weighted by atomic mass is 31.1. The number of aliphatic imine (C=N–C) groups is 1. The van der Waals surface area contributed by atoms with Gasteiger partial charge in [-0.15, -0.1) is 0 Å². The van der Waals surface area contributed by atoms with Crippen LogP contribution in [-0.2, 0) is 4.52 Å². The predicted molar refractivity (Wildman–Crippen MR) is 148 cm³/mol. The number of rotatable bonds is 6. The zero-order valence-electron chi connectivity index (χ0n) is 22.3. The fourth-order valence-electron chi connectivity index (χ4n) is 5.30. The number of hydrogen-bond donors (Lipinski definition) is 0. The van der Waals surface area contributed by atoms with E-state index in [9.17, 15) is 0 Å². The maximum absolute atomic E-state index is 7.23. The molecule has 184 valence electrons. The Morgan fingerprint density at radius 3 is 1.85 bits per heavy atom. The molecule has 2 aromatic carbocycles. The summed E-state index contributed by atoms with van der Waals surface area (Å²) in [5.41, 5.74) is 2.24. The average molecular weight is 479 g/mol. The van der Waals surface area contributed by atoms with E-state index < -0.39 is 13.7 Å². The van der Waals surface area contributed by atoms with E-state index in [1.807, 2.05) is 0 Å². The smallest absolute Gasteiger partial charge is 0.132 e. The van der Waals surface area contributed by atoms with Crippen LogP contribution in [0.3, 0.4) is 0 Å². The van der Waals surface area contributed by atoms with Gasteiger partial charge < -0.3 is 9.42 Å². The summed E-state index contributed by atoms with van der Waals surface area (Å²) in [6, 6.07) is 18.3. The summed E-state index contributed by atoms with van der Waals surface area (Å²) < 4.78 is 7.23. The van der Waals surface area contributed by atoms with Gasteiger partial charge in [0.05, 0.1) is 14.2 Å². The van der Waals surface area contributed by atoms with Crippen molar-refractivity contribution in [3.63, 3.8) is 0 Å². The van der Waals surface area contributed by atoms with Crippen molar-refractivity contribution in [3.05, 3.63) is 59.7 Å². The molecule has 0 bridgehead atoms. The van der Waals surface area contributed by atoms with Crippen molar-refractivity contribution in [2.45, 2.75) is 98.3 Å². The van der Waals surface area contributed by atoms with Crippen LogP contribution in [0.5, 0.6) is 0 Å². The van der Waals surface area contributed by atoms with Crippen LogP contribution in [0.25, 0.3) is 0 Å². The molecule has 1 fully saturated rings. The third-order valence-electron chi connectivity index (χ3n) is 7.46. The van der Waals surface area contributed by atoms with Gasteiger partial charge in [-0.1, -0.05) is 88.6 Å². The minimum Gasteiger partial charge on any atom is -0.353 e. The van der Waals surface area contributed by atoms with E-state index in [-0.39, 0.29) is 5.41 Å². The molecular formula is C30H43N2OP. The highest BCUT2D eigenvalue weighted by Gasteiger charge is 2.44. The van der Waals surface area contributed by atoms with Gasteiger partial charge in [0.2, 0.25) is 0 Å². The van der Waals surface area contributed by atoms with Crippen LogP contribution in [0, 0.1) is 19.3 Å². The maximum atomic E-state index is 7.23. The largest absolute Gasteiger partial charge is 0.353 e. The Bertz CT molecular complexity index is 971. The lowest BCUT2D eigenvalue weighted by molar-refractivity contribution is 0.164. The quantitative estimate of drug-likeness (QED) is 0.422. The van der Waals surface area contributed by atoms with E-state index in [1.54, 1.807) is 0 Å². The topological polar surface area (TPSA) is 24.8 Å². The fraction of sp³-hybridized carbons (Fsp3) is 0.567. The summed E-state index contributed by atoms with van der Waals surface area (Å²) in [6.07, 6.45) is 6.57. The van der Waals surface area contributed by atoms with Crippen LogP contribution in [-0.4, -0.2) is 35.0 Å². The van der Waals surface area contributed by atoms with Crippen LogP contribution >= 0.6 is 8.15 Å². The summed E-state index contributed by atoms with van der Waals surface area (Å²) >= 11 is 0. The van der Waals surface area contributed by atoms with Crippen molar-refractivity contribution in [3.8, 4) is 0 Å². The fourth-order valence-corrected chi connectivity index (χ4v) is 7.53. The number of benzene rings is 2. The molecule has 0 unspecified atom stereocenters. The molecule has 0 spiro atoms. The lowest BCUT2D eigenvalue weighted by Gasteiger charge is -2.40. The Hall–Kier alpha value is -1.70. The number of aryl methyl sites for hydroxylation is 2. The van der Waals surface area contributed by atoms with Gasteiger partial charge in [-0.3, -0.25) is 4.99 Å². The Kier molecular flexibility index (Phi) is 7.56. The second kappa shape index (κ2) is 10.1. The molecule has 1 heterocycles. The Balaban J connectivity index is 1.73. The third kappa shape index (κ3) is 5.42. The van der Waals surface area contributed by atoms with Gasteiger partial charge in [-0.25, -0.2) is 0 Å². The van der Waals surface area contributed by atoms with Gasteiger partial charge in [0, 0.05) is 23.2 Å². The molecular weight excluding hydrogens is 435 g/mol. The molecule has 2 aromatic rings. The normalized spacial score (nSPS) is 20.2. The minimum atomic E-state index is -0.983. The zero-order valence-corrected chi connectivity index (χ0v) is 23.2. The minimum absolute atomic E-state index is 0.140. The van der Waals surface area contributed by atoms with E-state index in [1.165, 1.54) is 53.8 Å². The van der Waals surface area contributed by atoms with Crippen molar-refractivity contribution < 1.29 is 4.52 Å². The molecule has 1 atom stereocenters. The SMILES string of the molecule is Cc1ccccc1P(OC(C)(C)C1=N[C@@H](C(C)(C)C)CN1C1CCCCC1)c1ccccc1C. The maximum Gasteiger partial charge on any atom is 0.132 e. The van der Waals surface area contributed by atoms with Crippen molar-refractivity contribution in [1.29, 1.82) is 0 Å². The van der Waals surface area contributed by atoms with Crippen LogP contribution < -0.4 is 10.6 Å². The van der Waals surface area contributed by atoms with E-state index in [0.717, 1.165) is 12.4 Å². The monoisotopic (exact) mass is 478 g/mol. The van der Waals surface area contributed by atoms with Crippen LogP contribution in [0.2, 0.25) is 0 Å². The zero-order chi connectivity index (χ0) is 24.5. The van der Waals surface area contributed by atoms with Gasteiger partial charge in [-0.05, 0) is 57.1 Å². The molecule has 1 aliphatic heterocycles. The van der Waals surface area contributed by atoms with Gasteiger partial charge in [-0.2, -0.15) is 0 Å². The van der Waals surface area contributed by atoms with Gasteiger partial charge in [0.25, 0.3) is 0 Å².